The summed E-state index contributed by atoms with van der Waals surface area (Å²) in [7, 11) is 0. The van der Waals surface area contributed by atoms with Gasteiger partial charge in [-0.15, -0.1) is 0 Å². The fraction of sp³-hybridized carbons (Fsp3) is 0.200. The smallest absolute Gasteiger partial charge is 0.213 e. The molecule has 0 saturated heterocycles. The molecule has 0 N–H and O–H groups in total. The lowest BCUT2D eigenvalue weighted by atomic mass is 10.1. The van der Waals surface area contributed by atoms with Gasteiger partial charge in [0.25, 0.3) is 0 Å². The van der Waals surface area contributed by atoms with E-state index < -0.39 is 0 Å². The van der Waals surface area contributed by atoms with Gasteiger partial charge >= 0.3 is 0 Å². The van der Waals surface area contributed by atoms with Crippen molar-refractivity contribution in [1.29, 1.82) is 0 Å². The zero-order valence-electron chi connectivity index (χ0n) is 13.7. The second kappa shape index (κ2) is 5.34. The van der Waals surface area contributed by atoms with Crippen LogP contribution in [0.1, 0.15) is 34.6 Å². The highest BCUT2D eigenvalue weighted by molar-refractivity contribution is 6.28. The van der Waals surface area contributed by atoms with E-state index in [4.69, 9.17) is 0 Å². The van der Waals surface area contributed by atoms with Gasteiger partial charge in [0.05, 0.1) is 11.4 Å². The monoisotopic (exact) mass is 318 g/mol. The van der Waals surface area contributed by atoms with E-state index >= 15 is 0 Å². The summed E-state index contributed by atoms with van der Waals surface area (Å²) < 4.78 is 0. The summed E-state index contributed by atoms with van der Waals surface area (Å²) in [6, 6.07) is 15.1. The Balaban J connectivity index is 1.97. The standard InChI is InChI=1S/C20H18N2O2/c1-3-21-15-11-7-5-9-13(15)19(23)17(21)18-20(24)14-10-6-8-12-16(14)22(18)4-2/h5-12H,3-4H2,1-2H3. The van der Waals surface area contributed by atoms with Crippen LogP contribution >= 0.6 is 0 Å². The molecule has 2 aromatic rings. The molecule has 2 aromatic carbocycles. The summed E-state index contributed by atoms with van der Waals surface area (Å²) in [4.78, 5) is 30.0. The Morgan fingerprint density at radius 2 is 1.04 bits per heavy atom. The van der Waals surface area contributed by atoms with Crippen LogP contribution in [0.15, 0.2) is 59.9 Å². The van der Waals surface area contributed by atoms with Crippen LogP contribution in [0.5, 0.6) is 0 Å². The number of rotatable bonds is 2. The molecule has 24 heavy (non-hydrogen) atoms. The molecule has 0 aromatic heterocycles. The van der Waals surface area contributed by atoms with Crippen LogP contribution < -0.4 is 9.80 Å². The quantitative estimate of drug-likeness (QED) is 0.793. The van der Waals surface area contributed by atoms with Crippen molar-refractivity contribution in [2.75, 3.05) is 22.9 Å². The first-order valence-corrected chi connectivity index (χ1v) is 8.25. The highest BCUT2D eigenvalue weighted by Gasteiger charge is 2.41. The maximum absolute atomic E-state index is 13.0. The minimum Gasteiger partial charge on any atom is -0.336 e. The van der Waals surface area contributed by atoms with E-state index in [0.29, 0.717) is 35.6 Å². The molecule has 120 valence electrons. The van der Waals surface area contributed by atoms with Gasteiger partial charge in [-0.25, -0.2) is 0 Å². The number of fused-ring (bicyclic) bond motifs is 2. The first kappa shape index (κ1) is 14.7. The lowest BCUT2D eigenvalue weighted by molar-refractivity contribution is 0.100. The van der Waals surface area contributed by atoms with Crippen molar-refractivity contribution >= 4 is 22.9 Å². The van der Waals surface area contributed by atoms with E-state index in [-0.39, 0.29) is 11.6 Å². The largest absolute Gasteiger partial charge is 0.336 e. The number of Topliss-reactive ketones (excluding diaryl/α,β-unsaturated/α-hetero) is 2. The Morgan fingerprint density at radius 3 is 1.42 bits per heavy atom. The van der Waals surface area contributed by atoms with Gasteiger partial charge in [-0.05, 0) is 38.1 Å². The highest BCUT2D eigenvalue weighted by atomic mass is 16.1. The number of nitrogens with zero attached hydrogens (tertiary/aromatic N) is 2. The molecular weight excluding hydrogens is 300 g/mol. The van der Waals surface area contributed by atoms with E-state index in [1.165, 1.54) is 0 Å². The number of ketones is 2. The van der Waals surface area contributed by atoms with Gasteiger partial charge in [0.1, 0.15) is 11.4 Å². The van der Waals surface area contributed by atoms with Gasteiger partial charge in [-0.1, -0.05) is 24.3 Å². The zero-order valence-corrected chi connectivity index (χ0v) is 13.7. The van der Waals surface area contributed by atoms with Gasteiger partial charge in [-0.3, -0.25) is 9.59 Å². The normalized spacial score (nSPS) is 19.1. The van der Waals surface area contributed by atoms with Crippen LogP contribution in [0.25, 0.3) is 0 Å². The van der Waals surface area contributed by atoms with Gasteiger partial charge in [-0.2, -0.15) is 0 Å². The maximum Gasteiger partial charge on any atom is 0.213 e. The zero-order chi connectivity index (χ0) is 16.8. The lowest BCUT2D eigenvalue weighted by Gasteiger charge is -2.24. The molecule has 2 heterocycles. The summed E-state index contributed by atoms with van der Waals surface area (Å²) >= 11 is 0. The van der Waals surface area contributed by atoms with E-state index in [9.17, 15) is 9.59 Å². The molecule has 4 nitrogen and oxygen atoms in total. The Labute approximate surface area is 141 Å². The van der Waals surface area contributed by atoms with Gasteiger partial charge in [0.15, 0.2) is 0 Å². The number of carbonyl (C=O) groups excluding carboxylic acids is 2. The molecule has 0 amide bonds. The number of benzene rings is 2. The Kier molecular flexibility index (Phi) is 3.27. The van der Waals surface area contributed by atoms with E-state index in [1.807, 2.05) is 72.2 Å². The van der Waals surface area contributed by atoms with E-state index in [0.717, 1.165) is 11.4 Å². The van der Waals surface area contributed by atoms with Crippen LogP contribution in [0, 0.1) is 0 Å². The average molecular weight is 318 g/mol. The molecule has 0 unspecified atom stereocenters. The number of para-hydroxylation sites is 2. The van der Waals surface area contributed by atoms with Gasteiger partial charge in [0.2, 0.25) is 11.6 Å². The average Bonchev–Trinajstić information content (AvgIpc) is 3.06. The topological polar surface area (TPSA) is 40.6 Å². The number of hydrogen-bond donors (Lipinski definition) is 0. The Morgan fingerprint density at radius 1 is 0.667 bits per heavy atom. The first-order chi connectivity index (χ1) is 11.7. The minimum atomic E-state index is -0.0675. The SMILES string of the molecule is CCN1C(=C2C(=O)c3ccccc3N2CC)C(=O)c2ccccc21. The molecule has 0 aliphatic carbocycles. The van der Waals surface area contributed by atoms with Crippen LogP contribution in [0.3, 0.4) is 0 Å². The number of anilines is 2. The Bertz CT molecular complexity index is 825. The third-order valence-corrected chi connectivity index (χ3v) is 4.71. The molecule has 0 saturated carbocycles. The number of hydrogen-bond acceptors (Lipinski definition) is 4. The number of carbonyl (C=O) groups is 2. The summed E-state index contributed by atoms with van der Waals surface area (Å²) in [5.41, 5.74) is 4.10. The van der Waals surface area contributed by atoms with Crippen molar-refractivity contribution < 1.29 is 9.59 Å². The number of allylic oxidation sites excluding steroid dienone is 2. The molecule has 4 heteroatoms. The van der Waals surface area contributed by atoms with Crippen molar-refractivity contribution in [3.8, 4) is 0 Å². The van der Waals surface area contributed by atoms with Gasteiger partial charge in [0, 0.05) is 24.2 Å². The molecule has 4 rings (SSSR count). The molecule has 2 aliphatic rings. The van der Waals surface area contributed by atoms with Crippen LogP contribution in [-0.2, 0) is 0 Å². The van der Waals surface area contributed by atoms with Crippen molar-refractivity contribution in [2.45, 2.75) is 13.8 Å². The molecule has 0 atom stereocenters. The summed E-state index contributed by atoms with van der Waals surface area (Å²) in [5, 5.41) is 0. The summed E-state index contributed by atoms with van der Waals surface area (Å²) in [6.07, 6.45) is 0. The lowest BCUT2D eigenvalue weighted by Crippen LogP contribution is -2.30. The van der Waals surface area contributed by atoms with Crippen LogP contribution in [0.4, 0.5) is 11.4 Å². The van der Waals surface area contributed by atoms with E-state index in [1.54, 1.807) is 0 Å². The van der Waals surface area contributed by atoms with Crippen molar-refractivity contribution in [3.05, 3.63) is 71.1 Å². The van der Waals surface area contributed by atoms with Crippen molar-refractivity contribution in [1.82, 2.24) is 0 Å². The molecular formula is C20H18N2O2. The molecule has 0 bridgehead atoms. The second-order valence-electron chi connectivity index (χ2n) is 5.88. The van der Waals surface area contributed by atoms with Crippen molar-refractivity contribution in [2.24, 2.45) is 0 Å². The van der Waals surface area contributed by atoms with Crippen molar-refractivity contribution in [3.63, 3.8) is 0 Å². The highest BCUT2D eigenvalue weighted by Crippen LogP contribution is 2.41. The number of likely N-dealkylation sites (N-methyl/N-ethyl adjacent to an activating group) is 2. The van der Waals surface area contributed by atoms with Gasteiger partial charge < -0.3 is 9.80 Å². The molecule has 0 spiro atoms. The summed E-state index contributed by atoms with van der Waals surface area (Å²) in [5.74, 6) is -0.135. The van der Waals surface area contributed by atoms with Crippen LogP contribution in [-0.4, -0.2) is 24.7 Å². The second-order valence-corrected chi connectivity index (χ2v) is 5.88. The first-order valence-electron chi connectivity index (χ1n) is 8.25. The van der Waals surface area contributed by atoms with Crippen LogP contribution in [0.2, 0.25) is 0 Å². The summed E-state index contributed by atoms with van der Waals surface area (Å²) in [6.45, 7) is 5.28. The third-order valence-electron chi connectivity index (χ3n) is 4.71. The maximum atomic E-state index is 13.0. The fourth-order valence-electron chi connectivity index (χ4n) is 3.67. The molecule has 2 aliphatic heterocycles. The Hall–Kier alpha value is -2.88. The predicted octanol–water partition coefficient (Wildman–Crippen LogP) is 3.64. The molecule has 0 fully saturated rings. The minimum absolute atomic E-state index is 0.0675. The predicted molar refractivity (Wildman–Crippen MR) is 94.6 cm³/mol. The van der Waals surface area contributed by atoms with E-state index in [2.05, 4.69) is 0 Å². The third kappa shape index (κ3) is 1.80. The molecule has 0 radical (unpaired) electrons. The fourth-order valence-corrected chi connectivity index (χ4v) is 3.67.